The van der Waals surface area contributed by atoms with E-state index in [0.717, 1.165) is 0 Å². The van der Waals surface area contributed by atoms with Crippen LogP contribution in [0.2, 0.25) is 0 Å². The number of nitrogens with zero attached hydrogens (tertiary/aromatic N) is 3. The van der Waals surface area contributed by atoms with E-state index in [9.17, 15) is 18.0 Å². The van der Waals surface area contributed by atoms with Crippen LogP contribution in [-0.2, 0) is 4.74 Å². The highest BCUT2D eigenvalue weighted by molar-refractivity contribution is 5.94. The minimum absolute atomic E-state index is 0.0720. The summed E-state index contributed by atoms with van der Waals surface area (Å²) >= 11 is 0. The van der Waals surface area contributed by atoms with Crippen LogP contribution in [0.4, 0.5) is 19.0 Å². The number of alkyl halides is 3. The van der Waals surface area contributed by atoms with Gasteiger partial charge in [0.1, 0.15) is 17.7 Å². The first-order chi connectivity index (χ1) is 10.4. The van der Waals surface area contributed by atoms with Gasteiger partial charge in [-0.1, -0.05) is 0 Å². The van der Waals surface area contributed by atoms with Crippen molar-refractivity contribution < 1.29 is 22.7 Å². The second-order valence-corrected chi connectivity index (χ2v) is 5.16. The van der Waals surface area contributed by atoms with Crippen LogP contribution in [0.25, 0.3) is 0 Å². The van der Waals surface area contributed by atoms with Gasteiger partial charge in [0, 0.05) is 19.3 Å². The van der Waals surface area contributed by atoms with Gasteiger partial charge in [0.25, 0.3) is 0 Å². The van der Waals surface area contributed by atoms with E-state index in [1.807, 2.05) is 0 Å². The van der Waals surface area contributed by atoms with Crippen molar-refractivity contribution in [2.24, 2.45) is 5.92 Å². The number of halogens is 3. The Bertz CT molecular complexity index is 524. The highest BCUT2D eigenvalue weighted by Gasteiger charge is 2.34. The van der Waals surface area contributed by atoms with Gasteiger partial charge in [-0.15, -0.1) is 0 Å². The summed E-state index contributed by atoms with van der Waals surface area (Å²) in [6.45, 7) is 0.338. The van der Waals surface area contributed by atoms with Crippen LogP contribution in [0.1, 0.15) is 16.8 Å². The van der Waals surface area contributed by atoms with Crippen LogP contribution < -0.4 is 5.32 Å². The molecule has 1 atom stereocenters. The van der Waals surface area contributed by atoms with Gasteiger partial charge in [-0.25, -0.2) is 14.8 Å². The molecular weight excluding hydrogens is 301 g/mol. The van der Waals surface area contributed by atoms with Crippen molar-refractivity contribution in [2.75, 3.05) is 38.6 Å². The van der Waals surface area contributed by atoms with Crippen LogP contribution in [-0.4, -0.2) is 60.3 Å². The van der Waals surface area contributed by atoms with Crippen molar-refractivity contribution >= 4 is 11.8 Å². The SMILES string of the molecule is COC(=O)c1cncnc1NCC1CCN(CC(F)(F)F)C1. The highest BCUT2D eigenvalue weighted by atomic mass is 19.4. The number of likely N-dealkylation sites (tertiary alicyclic amines) is 1. The highest BCUT2D eigenvalue weighted by Crippen LogP contribution is 2.23. The Morgan fingerprint density at radius 1 is 1.55 bits per heavy atom. The van der Waals surface area contributed by atoms with Gasteiger partial charge in [0.15, 0.2) is 0 Å². The Labute approximate surface area is 125 Å². The van der Waals surface area contributed by atoms with Crippen LogP contribution in [0.15, 0.2) is 12.5 Å². The van der Waals surface area contributed by atoms with Crippen molar-refractivity contribution in [3.8, 4) is 0 Å². The molecule has 1 unspecified atom stereocenters. The molecule has 2 rings (SSSR count). The van der Waals surface area contributed by atoms with E-state index in [0.29, 0.717) is 31.9 Å². The minimum Gasteiger partial charge on any atom is -0.465 e. The molecule has 1 aliphatic heterocycles. The zero-order chi connectivity index (χ0) is 16.2. The lowest BCUT2D eigenvalue weighted by Crippen LogP contribution is -2.33. The van der Waals surface area contributed by atoms with Gasteiger partial charge in [-0.05, 0) is 18.9 Å². The third-order valence-electron chi connectivity index (χ3n) is 3.45. The average molecular weight is 318 g/mol. The zero-order valence-corrected chi connectivity index (χ0v) is 12.1. The molecule has 0 saturated carbocycles. The van der Waals surface area contributed by atoms with Gasteiger partial charge in [0.2, 0.25) is 0 Å². The third-order valence-corrected chi connectivity index (χ3v) is 3.45. The van der Waals surface area contributed by atoms with Gasteiger partial charge in [-0.2, -0.15) is 13.2 Å². The quantitative estimate of drug-likeness (QED) is 0.831. The number of esters is 1. The van der Waals surface area contributed by atoms with Crippen LogP contribution in [0.3, 0.4) is 0 Å². The van der Waals surface area contributed by atoms with E-state index in [4.69, 9.17) is 0 Å². The first-order valence-electron chi connectivity index (χ1n) is 6.80. The van der Waals surface area contributed by atoms with E-state index in [1.165, 1.54) is 24.5 Å². The molecule has 0 spiro atoms. The summed E-state index contributed by atoms with van der Waals surface area (Å²) in [6.07, 6.45) is -0.875. The Morgan fingerprint density at radius 3 is 3.00 bits per heavy atom. The maximum absolute atomic E-state index is 12.3. The predicted octanol–water partition coefficient (Wildman–Crippen LogP) is 1.56. The van der Waals surface area contributed by atoms with Crippen LogP contribution in [0.5, 0.6) is 0 Å². The Kier molecular flexibility index (Phi) is 5.17. The molecule has 6 nitrogen and oxygen atoms in total. The molecule has 1 aliphatic rings. The maximum atomic E-state index is 12.3. The fourth-order valence-electron chi connectivity index (χ4n) is 2.45. The molecule has 0 aliphatic carbocycles. The minimum atomic E-state index is -4.17. The summed E-state index contributed by atoms with van der Waals surface area (Å²) in [6, 6.07) is 0. The Morgan fingerprint density at radius 2 is 2.32 bits per heavy atom. The number of hydrogen-bond acceptors (Lipinski definition) is 6. The lowest BCUT2D eigenvalue weighted by Gasteiger charge is -2.18. The summed E-state index contributed by atoms with van der Waals surface area (Å²) in [7, 11) is 1.26. The summed E-state index contributed by atoms with van der Waals surface area (Å²) in [5.74, 6) is -0.160. The molecule has 0 radical (unpaired) electrons. The van der Waals surface area contributed by atoms with Crippen LogP contribution in [0, 0.1) is 5.92 Å². The molecule has 0 bridgehead atoms. The molecule has 0 aromatic carbocycles. The molecule has 22 heavy (non-hydrogen) atoms. The maximum Gasteiger partial charge on any atom is 0.401 e. The normalized spacial score (nSPS) is 19.2. The topological polar surface area (TPSA) is 67.3 Å². The largest absolute Gasteiger partial charge is 0.465 e. The summed E-state index contributed by atoms with van der Waals surface area (Å²) in [5, 5.41) is 2.99. The van der Waals surface area contributed by atoms with Crippen molar-refractivity contribution in [2.45, 2.75) is 12.6 Å². The van der Waals surface area contributed by atoms with E-state index in [-0.39, 0.29) is 11.5 Å². The number of rotatable bonds is 5. The molecule has 1 aromatic rings. The molecule has 0 amide bonds. The average Bonchev–Trinajstić information content (AvgIpc) is 2.90. The fraction of sp³-hybridized carbons (Fsp3) is 0.615. The van der Waals surface area contributed by atoms with Crippen molar-refractivity contribution in [3.05, 3.63) is 18.1 Å². The lowest BCUT2D eigenvalue weighted by atomic mass is 10.1. The second kappa shape index (κ2) is 6.91. The number of aromatic nitrogens is 2. The lowest BCUT2D eigenvalue weighted by molar-refractivity contribution is -0.143. The Hall–Kier alpha value is -1.90. The summed E-state index contributed by atoms with van der Waals surface area (Å²) in [4.78, 5) is 20.7. The Balaban J connectivity index is 1.88. The summed E-state index contributed by atoms with van der Waals surface area (Å²) < 4.78 is 41.7. The van der Waals surface area contributed by atoms with E-state index >= 15 is 0 Å². The van der Waals surface area contributed by atoms with Crippen molar-refractivity contribution in [1.29, 1.82) is 0 Å². The first kappa shape index (κ1) is 16.5. The molecule has 1 N–H and O–H groups in total. The van der Waals surface area contributed by atoms with Gasteiger partial charge >= 0.3 is 12.1 Å². The van der Waals surface area contributed by atoms with Gasteiger partial charge in [0.05, 0.1) is 13.7 Å². The van der Waals surface area contributed by atoms with Crippen molar-refractivity contribution in [3.63, 3.8) is 0 Å². The van der Waals surface area contributed by atoms with Crippen LogP contribution >= 0.6 is 0 Å². The monoisotopic (exact) mass is 318 g/mol. The number of carbonyl (C=O) groups excluding carboxylic acids is 1. The molecule has 9 heteroatoms. The number of ether oxygens (including phenoxy) is 1. The van der Waals surface area contributed by atoms with E-state index in [2.05, 4.69) is 20.0 Å². The smallest absolute Gasteiger partial charge is 0.401 e. The predicted molar refractivity (Wildman–Crippen MR) is 72.5 cm³/mol. The summed E-state index contributed by atoms with van der Waals surface area (Å²) in [5.41, 5.74) is 0.204. The van der Waals surface area contributed by atoms with Gasteiger partial charge in [-0.3, -0.25) is 4.90 Å². The molecule has 1 aromatic heterocycles. The van der Waals surface area contributed by atoms with E-state index in [1.54, 1.807) is 0 Å². The van der Waals surface area contributed by atoms with Crippen molar-refractivity contribution in [1.82, 2.24) is 14.9 Å². The molecule has 122 valence electrons. The molecular formula is C13H17F3N4O2. The number of methoxy groups -OCH3 is 1. The first-order valence-corrected chi connectivity index (χ1v) is 6.80. The number of carbonyl (C=O) groups is 1. The fourth-order valence-corrected chi connectivity index (χ4v) is 2.45. The molecule has 1 fully saturated rings. The molecule has 1 saturated heterocycles. The zero-order valence-electron chi connectivity index (χ0n) is 12.1. The number of anilines is 1. The standard InChI is InChI=1S/C13H17F3N4O2/c1-22-12(21)10-5-17-8-19-11(10)18-4-9-2-3-20(6-9)7-13(14,15)16/h5,8-9H,2-4,6-7H2,1H3,(H,17,18,19). The second-order valence-electron chi connectivity index (χ2n) is 5.16. The van der Waals surface area contributed by atoms with E-state index < -0.39 is 18.7 Å². The number of nitrogens with one attached hydrogen (secondary N) is 1. The number of hydrogen-bond donors (Lipinski definition) is 1. The van der Waals surface area contributed by atoms with Gasteiger partial charge < -0.3 is 10.1 Å². The third kappa shape index (κ3) is 4.55. The molecule has 2 heterocycles.